The molecule has 0 aromatic heterocycles. The molecule has 0 amide bonds. The Morgan fingerprint density at radius 2 is 2.14 bits per heavy atom. The lowest BCUT2D eigenvalue weighted by Gasteiger charge is -2.30. The van der Waals surface area contributed by atoms with E-state index in [1.165, 1.54) is 17.5 Å². The molecule has 1 heteroatoms. The maximum Gasteiger partial charge on any atom is 0.0346 e. The molecule has 0 spiro atoms. The van der Waals surface area contributed by atoms with Gasteiger partial charge in [-0.1, -0.05) is 37.6 Å². The Bertz CT molecular complexity index is 328. The van der Waals surface area contributed by atoms with Crippen LogP contribution < -0.4 is 5.32 Å². The molecule has 0 saturated heterocycles. The monoisotopic (exact) mass is 189 g/mol. The molecule has 1 atom stereocenters. The lowest BCUT2D eigenvalue weighted by molar-refractivity contribution is 0.395. The number of benzene rings is 1. The van der Waals surface area contributed by atoms with Crippen molar-refractivity contribution in [1.29, 1.82) is 0 Å². The van der Waals surface area contributed by atoms with Gasteiger partial charge in [0, 0.05) is 6.04 Å². The largest absolute Gasteiger partial charge is 0.309 e. The molecule has 1 nitrogen and oxygen atoms in total. The lowest BCUT2D eigenvalue weighted by Crippen LogP contribution is -2.32. The SMILES string of the molecule is Cc1ccc2c(c1)CCN[C@H]2C(C)C. The Morgan fingerprint density at radius 3 is 2.86 bits per heavy atom. The van der Waals surface area contributed by atoms with Crippen molar-refractivity contribution in [3.05, 3.63) is 34.9 Å². The van der Waals surface area contributed by atoms with E-state index in [1.807, 2.05) is 0 Å². The van der Waals surface area contributed by atoms with Gasteiger partial charge in [0.25, 0.3) is 0 Å². The van der Waals surface area contributed by atoms with Gasteiger partial charge in [-0.15, -0.1) is 0 Å². The molecule has 1 N–H and O–H groups in total. The highest BCUT2D eigenvalue weighted by atomic mass is 14.9. The number of hydrogen-bond donors (Lipinski definition) is 1. The summed E-state index contributed by atoms with van der Waals surface area (Å²) in [6.07, 6.45) is 1.18. The number of rotatable bonds is 1. The standard InChI is InChI=1S/C13H19N/c1-9(2)13-12-5-4-10(3)8-11(12)6-7-14-13/h4-5,8-9,13-14H,6-7H2,1-3H3/t13-/m0/s1. The van der Waals surface area contributed by atoms with Gasteiger partial charge in [-0.2, -0.15) is 0 Å². The number of hydrogen-bond acceptors (Lipinski definition) is 1. The summed E-state index contributed by atoms with van der Waals surface area (Å²) < 4.78 is 0. The van der Waals surface area contributed by atoms with Crippen LogP contribution in [0.5, 0.6) is 0 Å². The zero-order valence-electron chi connectivity index (χ0n) is 9.30. The summed E-state index contributed by atoms with van der Waals surface area (Å²) >= 11 is 0. The van der Waals surface area contributed by atoms with Gasteiger partial charge >= 0.3 is 0 Å². The van der Waals surface area contributed by atoms with E-state index in [0.29, 0.717) is 12.0 Å². The molecule has 2 rings (SSSR count). The highest BCUT2D eigenvalue weighted by Crippen LogP contribution is 2.28. The van der Waals surface area contributed by atoms with Crippen molar-refractivity contribution >= 4 is 0 Å². The van der Waals surface area contributed by atoms with Crippen LogP contribution in [0.25, 0.3) is 0 Å². The van der Waals surface area contributed by atoms with Gasteiger partial charge in [-0.3, -0.25) is 0 Å². The van der Waals surface area contributed by atoms with E-state index in [9.17, 15) is 0 Å². The Hall–Kier alpha value is -0.820. The van der Waals surface area contributed by atoms with Crippen LogP contribution in [0.1, 0.15) is 36.6 Å². The third-order valence-corrected chi connectivity index (χ3v) is 3.06. The second-order valence-corrected chi connectivity index (χ2v) is 4.63. The first-order valence-corrected chi connectivity index (χ1v) is 5.51. The van der Waals surface area contributed by atoms with E-state index in [-0.39, 0.29) is 0 Å². The zero-order valence-corrected chi connectivity index (χ0v) is 9.30. The molecule has 0 bridgehead atoms. The average molecular weight is 189 g/mol. The van der Waals surface area contributed by atoms with Crippen LogP contribution in [0.15, 0.2) is 18.2 Å². The highest BCUT2D eigenvalue weighted by molar-refractivity contribution is 5.36. The smallest absolute Gasteiger partial charge is 0.0346 e. The minimum atomic E-state index is 0.555. The summed E-state index contributed by atoms with van der Waals surface area (Å²) in [6.45, 7) is 7.87. The van der Waals surface area contributed by atoms with E-state index >= 15 is 0 Å². The first-order chi connectivity index (χ1) is 6.68. The Labute approximate surface area is 86.5 Å². The van der Waals surface area contributed by atoms with Crippen LogP contribution in [0.3, 0.4) is 0 Å². The molecule has 0 radical (unpaired) electrons. The molecule has 1 aromatic rings. The first kappa shape index (κ1) is 9.72. The second kappa shape index (κ2) is 3.74. The molecular formula is C13H19N. The summed E-state index contributed by atoms with van der Waals surface area (Å²) in [7, 11) is 0. The van der Waals surface area contributed by atoms with Crippen LogP contribution in [0.2, 0.25) is 0 Å². The topological polar surface area (TPSA) is 12.0 Å². The molecule has 1 aliphatic rings. The predicted octanol–water partition coefficient (Wildman–Crippen LogP) is 2.84. The van der Waals surface area contributed by atoms with Crippen LogP contribution in [-0.2, 0) is 6.42 Å². The van der Waals surface area contributed by atoms with E-state index in [0.717, 1.165) is 6.54 Å². The summed E-state index contributed by atoms with van der Waals surface area (Å²) in [5.74, 6) is 0.678. The molecule has 0 saturated carbocycles. The number of nitrogens with one attached hydrogen (secondary N) is 1. The lowest BCUT2D eigenvalue weighted by atomic mass is 9.87. The van der Waals surface area contributed by atoms with Crippen molar-refractivity contribution in [1.82, 2.24) is 5.32 Å². The summed E-state index contributed by atoms with van der Waals surface area (Å²) in [4.78, 5) is 0. The summed E-state index contributed by atoms with van der Waals surface area (Å²) in [5, 5.41) is 3.59. The molecule has 0 fully saturated rings. The van der Waals surface area contributed by atoms with Crippen molar-refractivity contribution in [3.8, 4) is 0 Å². The van der Waals surface area contributed by atoms with E-state index in [2.05, 4.69) is 44.3 Å². The minimum Gasteiger partial charge on any atom is -0.309 e. The molecule has 0 aliphatic carbocycles. The quantitative estimate of drug-likeness (QED) is 0.716. The zero-order chi connectivity index (χ0) is 10.1. The normalized spacial score (nSPS) is 21.0. The van der Waals surface area contributed by atoms with Crippen LogP contribution in [-0.4, -0.2) is 6.54 Å². The van der Waals surface area contributed by atoms with Crippen molar-refractivity contribution < 1.29 is 0 Å². The molecule has 0 unspecified atom stereocenters. The van der Waals surface area contributed by atoms with E-state index in [1.54, 1.807) is 5.56 Å². The molecule has 1 aliphatic heterocycles. The maximum absolute atomic E-state index is 3.59. The van der Waals surface area contributed by atoms with Crippen molar-refractivity contribution in [2.24, 2.45) is 5.92 Å². The Kier molecular flexibility index (Phi) is 2.60. The summed E-state index contributed by atoms with van der Waals surface area (Å²) in [6, 6.07) is 7.41. The number of aryl methyl sites for hydroxylation is 1. The van der Waals surface area contributed by atoms with Gasteiger partial charge in [-0.25, -0.2) is 0 Å². The molecule has 1 aromatic carbocycles. The number of fused-ring (bicyclic) bond motifs is 1. The first-order valence-electron chi connectivity index (χ1n) is 5.51. The molecule has 76 valence electrons. The fourth-order valence-corrected chi connectivity index (χ4v) is 2.32. The van der Waals surface area contributed by atoms with Gasteiger partial charge in [0.1, 0.15) is 0 Å². The van der Waals surface area contributed by atoms with Crippen molar-refractivity contribution in [3.63, 3.8) is 0 Å². The van der Waals surface area contributed by atoms with Gasteiger partial charge in [0.05, 0.1) is 0 Å². The van der Waals surface area contributed by atoms with Crippen molar-refractivity contribution in [2.45, 2.75) is 33.2 Å². The second-order valence-electron chi connectivity index (χ2n) is 4.63. The third-order valence-electron chi connectivity index (χ3n) is 3.06. The van der Waals surface area contributed by atoms with Crippen LogP contribution in [0.4, 0.5) is 0 Å². The fourth-order valence-electron chi connectivity index (χ4n) is 2.32. The van der Waals surface area contributed by atoms with Gasteiger partial charge in [0.2, 0.25) is 0 Å². The van der Waals surface area contributed by atoms with Gasteiger partial charge < -0.3 is 5.32 Å². The fraction of sp³-hybridized carbons (Fsp3) is 0.538. The van der Waals surface area contributed by atoms with Gasteiger partial charge in [0.15, 0.2) is 0 Å². The van der Waals surface area contributed by atoms with E-state index in [4.69, 9.17) is 0 Å². The van der Waals surface area contributed by atoms with Crippen molar-refractivity contribution in [2.75, 3.05) is 6.54 Å². The van der Waals surface area contributed by atoms with Crippen LogP contribution >= 0.6 is 0 Å². The maximum atomic E-state index is 3.59. The molecular weight excluding hydrogens is 170 g/mol. The Balaban J connectivity index is 2.40. The average Bonchev–Trinajstić information content (AvgIpc) is 2.16. The molecule has 1 heterocycles. The van der Waals surface area contributed by atoms with Gasteiger partial charge in [-0.05, 0) is 36.9 Å². The van der Waals surface area contributed by atoms with E-state index < -0.39 is 0 Å². The minimum absolute atomic E-state index is 0.555. The molecule has 14 heavy (non-hydrogen) atoms. The van der Waals surface area contributed by atoms with Crippen LogP contribution in [0, 0.1) is 12.8 Å². The highest BCUT2D eigenvalue weighted by Gasteiger charge is 2.21. The summed E-state index contributed by atoms with van der Waals surface area (Å²) in [5.41, 5.74) is 4.44. The Morgan fingerprint density at radius 1 is 1.36 bits per heavy atom. The predicted molar refractivity (Wildman–Crippen MR) is 60.5 cm³/mol. The third kappa shape index (κ3) is 1.69.